The summed E-state index contributed by atoms with van der Waals surface area (Å²) in [7, 11) is 1.62. The Hall–Kier alpha value is -2.00. The molecular weight excluding hydrogens is 361 g/mol. The Morgan fingerprint density at radius 1 is 1.37 bits per heavy atom. The number of nitrogens with one attached hydrogen (secondary N) is 2. The molecule has 2 atom stereocenters. The van der Waals surface area contributed by atoms with Gasteiger partial charge in [0.1, 0.15) is 5.75 Å². The second-order valence-corrected chi connectivity index (χ2v) is 6.47. The quantitative estimate of drug-likeness (QED) is 0.579. The summed E-state index contributed by atoms with van der Waals surface area (Å²) in [5.74, 6) is 0.299. The smallest absolute Gasteiger partial charge is 0.405 e. The molecule has 1 aromatic rings. The van der Waals surface area contributed by atoms with E-state index in [0.717, 1.165) is 13.2 Å². The molecule has 1 fully saturated rings. The van der Waals surface area contributed by atoms with E-state index in [2.05, 4.69) is 39.1 Å². The lowest BCUT2D eigenvalue weighted by molar-refractivity contribution is -0.274. The fourth-order valence-electron chi connectivity index (χ4n) is 3.03. The lowest BCUT2D eigenvalue weighted by Gasteiger charge is -2.38. The number of ether oxygens (including phenoxy) is 2. The molecule has 1 aromatic carbocycles. The van der Waals surface area contributed by atoms with E-state index < -0.39 is 6.36 Å². The lowest BCUT2D eigenvalue weighted by Crippen LogP contribution is -2.52. The number of benzene rings is 1. The molecule has 6 nitrogen and oxygen atoms in total. The topological polar surface area (TPSA) is 58.1 Å². The molecule has 0 radical (unpaired) electrons. The van der Waals surface area contributed by atoms with Gasteiger partial charge in [-0.15, -0.1) is 13.2 Å². The maximum Gasteiger partial charge on any atom is 0.573 e. The average Bonchev–Trinajstić information content (AvgIpc) is 2.62. The molecule has 152 valence electrons. The van der Waals surface area contributed by atoms with Crippen molar-refractivity contribution >= 4 is 5.96 Å². The highest BCUT2D eigenvalue weighted by molar-refractivity contribution is 5.79. The number of aliphatic imine (C=N–C) groups is 1. The summed E-state index contributed by atoms with van der Waals surface area (Å²) in [6.45, 7) is 7.37. The van der Waals surface area contributed by atoms with Crippen molar-refractivity contribution in [1.82, 2.24) is 15.5 Å². The first-order chi connectivity index (χ1) is 12.8. The van der Waals surface area contributed by atoms with Gasteiger partial charge in [-0.3, -0.25) is 9.89 Å². The van der Waals surface area contributed by atoms with Crippen LogP contribution in [0.2, 0.25) is 0 Å². The van der Waals surface area contributed by atoms with Gasteiger partial charge in [0.15, 0.2) is 5.96 Å². The minimum atomic E-state index is -4.72. The second-order valence-electron chi connectivity index (χ2n) is 6.47. The van der Waals surface area contributed by atoms with E-state index in [-0.39, 0.29) is 18.3 Å². The maximum atomic E-state index is 12.5. The van der Waals surface area contributed by atoms with Crippen LogP contribution in [0.4, 0.5) is 13.2 Å². The van der Waals surface area contributed by atoms with Crippen LogP contribution >= 0.6 is 0 Å². The molecule has 9 heteroatoms. The van der Waals surface area contributed by atoms with Crippen LogP contribution in [0.3, 0.4) is 0 Å². The van der Waals surface area contributed by atoms with Crippen molar-refractivity contribution in [1.29, 1.82) is 0 Å². The van der Waals surface area contributed by atoms with E-state index in [4.69, 9.17) is 4.74 Å². The second kappa shape index (κ2) is 9.80. The van der Waals surface area contributed by atoms with Crippen LogP contribution in [0.5, 0.6) is 5.75 Å². The molecule has 1 heterocycles. The monoisotopic (exact) mass is 388 g/mol. The summed E-state index contributed by atoms with van der Waals surface area (Å²) >= 11 is 0. The molecule has 0 saturated carbocycles. The molecule has 2 rings (SSSR count). The molecule has 0 spiro atoms. The third-order valence-corrected chi connectivity index (χ3v) is 4.42. The van der Waals surface area contributed by atoms with Gasteiger partial charge in [0.2, 0.25) is 0 Å². The molecule has 0 aliphatic carbocycles. The molecule has 1 aliphatic rings. The van der Waals surface area contributed by atoms with Crippen molar-refractivity contribution in [2.24, 2.45) is 4.99 Å². The van der Waals surface area contributed by atoms with Gasteiger partial charge in [-0.2, -0.15) is 0 Å². The van der Waals surface area contributed by atoms with Gasteiger partial charge in [-0.05, 0) is 19.9 Å². The minimum Gasteiger partial charge on any atom is -0.405 e. The molecule has 2 unspecified atom stereocenters. The van der Waals surface area contributed by atoms with Crippen LogP contribution in [0.25, 0.3) is 0 Å². The normalized spacial score (nSPS) is 20.2. The summed E-state index contributed by atoms with van der Waals surface area (Å²) in [6, 6.07) is 6.66. The van der Waals surface area contributed by atoms with Crippen LogP contribution in [-0.4, -0.2) is 62.7 Å². The van der Waals surface area contributed by atoms with Gasteiger partial charge in [-0.1, -0.05) is 18.2 Å². The summed E-state index contributed by atoms with van der Waals surface area (Å²) < 4.78 is 47.1. The van der Waals surface area contributed by atoms with E-state index in [1.165, 1.54) is 12.1 Å². The molecule has 1 aliphatic heterocycles. The highest BCUT2D eigenvalue weighted by Crippen LogP contribution is 2.26. The first kappa shape index (κ1) is 21.3. The minimum absolute atomic E-state index is 0.161. The number of nitrogens with zero attached hydrogens (tertiary/aromatic N) is 2. The largest absolute Gasteiger partial charge is 0.573 e. The standard InChI is InChI=1S/C18H27F3N4O2/c1-13(25-8-9-26-12-14(25)2)10-23-17(22-3)24-11-15-6-4-5-7-16(15)27-18(19,20)21/h4-7,13-14H,8-12H2,1-3H3,(H2,22,23,24). The van der Waals surface area contributed by atoms with E-state index in [1.807, 2.05) is 0 Å². The van der Waals surface area contributed by atoms with E-state index in [9.17, 15) is 13.2 Å². The number of hydrogen-bond acceptors (Lipinski definition) is 4. The van der Waals surface area contributed by atoms with Crippen LogP contribution in [-0.2, 0) is 11.3 Å². The van der Waals surface area contributed by atoms with Gasteiger partial charge in [0.25, 0.3) is 0 Å². The fraction of sp³-hybridized carbons (Fsp3) is 0.611. The number of halogens is 3. The zero-order valence-corrected chi connectivity index (χ0v) is 15.8. The van der Waals surface area contributed by atoms with Crippen LogP contribution < -0.4 is 15.4 Å². The third-order valence-electron chi connectivity index (χ3n) is 4.42. The van der Waals surface area contributed by atoms with Crippen LogP contribution in [0.15, 0.2) is 29.3 Å². The molecule has 0 amide bonds. The Bertz CT molecular complexity index is 625. The van der Waals surface area contributed by atoms with Gasteiger partial charge >= 0.3 is 6.36 Å². The number of rotatable bonds is 6. The third kappa shape index (κ3) is 6.91. The predicted molar refractivity (Wildman–Crippen MR) is 97.8 cm³/mol. The number of alkyl halides is 3. The van der Waals surface area contributed by atoms with Crippen molar-refractivity contribution < 1.29 is 22.6 Å². The first-order valence-electron chi connectivity index (χ1n) is 8.92. The average molecular weight is 388 g/mol. The van der Waals surface area contributed by atoms with Crippen molar-refractivity contribution in [2.75, 3.05) is 33.4 Å². The highest BCUT2D eigenvalue weighted by Gasteiger charge is 2.32. The fourth-order valence-corrected chi connectivity index (χ4v) is 3.03. The SMILES string of the molecule is CN=C(NCc1ccccc1OC(F)(F)F)NCC(C)N1CCOCC1C. The molecule has 0 aromatic heterocycles. The van der Waals surface area contributed by atoms with Gasteiger partial charge in [-0.25, -0.2) is 0 Å². The van der Waals surface area contributed by atoms with Crippen LogP contribution in [0.1, 0.15) is 19.4 Å². The number of guanidine groups is 1. The van der Waals surface area contributed by atoms with Gasteiger partial charge < -0.3 is 20.1 Å². The van der Waals surface area contributed by atoms with Crippen molar-refractivity contribution in [3.63, 3.8) is 0 Å². The van der Waals surface area contributed by atoms with Crippen molar-refractivity contribution in [3.8, 4) is 5.75 Å². The van der Waals surface area contributed by atoms with Gasteiger partial charge in [0, 0.05) is 44.3 Å². The molecule has 1 saturated heterocycles. The summed E-state index contributed by atoms with van der Waals surface area (Å²) in [4.78, 5) is 6.49. The zero-order valence-electron chi connectivity index (χ0n) is 15.8. The number of para-hydroxylation sites is 1. The Labute approximate surface area is 157 Å². The zero-order chi connectivity index (χ0) is 19.9. The van der Waals surface area contributed by atoms with Crippen molar-refractivity contribution in [3.05, 3.63) is 29.8 Å². The number of morpholine rings is 1. The van der Waals surface area contributed by atoms with Crippen molar-refractivity contribution in [2.45, 2.75) is 38.8 Å². The molecule has 2 N–H and O–H groups in total. The van der Waals surface area contributed by atoms with E-state index >= 15 is 0 Å². The predicted octanol–water partition coefficient (Wildman–Crippen LogP) is 2.36. The van der Waals surface area contributed by atoms with E-state index in [0.29, 0.717) is 30.7 Å². The number of hydrogen-bond donors (Lipinski definition) is 2. The lowest BCUT2D eigenvalue weighted by atomic mass is 10.2. The van der Waals surface area contributed by atoms with Crippen LogP contribution in [0, 0.1) is 0 Å². The molecular formula is C18H27F3N4O2. The Kier molecular flexibility index (Phi) is 7.73. The summed E-state index contributed by atoms with van der Waals surface area (Å²) in [6.07, 6.45) is -4.72. The molecule has 0 bridgehead atoms. The summed E-state index contributed by atoms with van der Waals surface area (Å²) in [5, 5.41) is 6.25. The summed E-state index contributed by atoms with van der Waals surface area (Å²) in [5.41, 5.74) is 0.396. The Morgan fingerprint density at radius 2 is 2.11 bits per heavy atom. The van der Waals surface area contributed by atoms with E-state index in [1.54, 1.807) is 19.2 Å². The maximum absolute atomic E-state index is 12.5. The molecule has 27 heavy (non-hydrogen) atoms. The first-order valence-corrected chi connectivity index (χ1v) is 8.92. The van der Waals surface area contributed by atoms with Gasteiger partial charge in [0.05, 0.1) is 13.2 Å². The highest BCUT2D eigenvalue weighted by atomic mass is 19.4. The Balaban J connectivity index is 1.87. The Morgan fingerprint density at radius 3 is 2.78 bits per heavy atom.